The standard InChI is InChI=1S/C17H23N3O5S/c1-24-14-6-12-13(7-15(14)25-2)18-10-20(17(12)23)8-16(22)19-11(9-21)4-5-26-3/h6-7,10-11,21H,4-5,8-9H2,1-3H3,(H,19,22). The summed E-state index contributed by atoms with van der Waals surface area (Å²) in [5, 5.41) is 12.4. The molecule has 0 saturated heterocycles. The molecule has 0 aliphatic carbocycles. The van der Waals surface area contributed by atoms with Crippen LogP contribution in [0.5, 0.6) is 11.5 Å². The van der Waals surface area contributed by atoms with E-state index in [0.717, 1.165) is 5.75 Å². The zero-order chi connectivity index (χ0) is 19.1. The van der Waals surface area contributed by atoms with Gasteiger partial charge in [-0.2, -0.15) is 11.8 Å². The predicted molar refractivity (Wildman–Crippen MR) is 101 cm³/mol. The number of nitrogens with one attached hydrogen (secondary N) is 1. The second-order valence-corrected chi connectivity index (χ2v) is 6.62. The Kier molecular flexibility index (Phi) is 7.28. The lowest BCUT2D eigenvalue weighted by Crippen LogP contribution is -2.41. The van der Waals surface area contributed by atoms with E-state index in [-0.39, 0.29) is 30.7 Å². The summed E-state index contributed by atoms with van der Waals surface area (Å²) in [7, 11) is 2.99. The van der Waals surface area contributed by atoms with Crippen molar-refractivity contribution in [3.05, 3.63) is 28.8 Å². The molecule has 1 aromatic heterocycles. The maximum atomic E-state index is 12.7. The summed E-state index contributed by atoms with van der Waals surface area (Å²) in [6, 6.07) is 2.83. The molecule has 1 heterocycles. The molecule has 0 bridgehead atoms. The number of aliphatic hydroxyl groups excluding tert-OH is 1. The van der Waals surface area contributed by atoms with Crippen molar-refractivity contribution in [1.82, 2.24) is 14.9 Å². The van der Waals surface area contributed by atoms with Gasteiger partial charge in [-0.3, -0.25) is 14.2 Å². The van der Waals surface area contributed by atoms with Crippen LogP contribution < -0.4 is 20.3 Å². The first-order chi connectivity index (χ1) is 12.5. The summed E-state index contributed by atoms with van der Waals surface area (Å²) in [5.74, 6) is 1.36. The van der Waals surface area contributed by atoms with Gasteiger partial charge >= 0.3 is 0 Å². The molecule has 1 atom stereocenters. The Hall–Kier alpha value is -2.26. The minimum atomic E-state index is -0.353. The van der Waals surface area contributed by atoms with Crippen LogP contribution in [0, 0.1) is 0 Å². The quantitative estimate of drug-likeness (QED) is 0.657. The Morgan fingerprint density at radius 3 is 2.65 bits per heavy atom. The topological polar surface area (TPSA) is 103 Å². The van der Waals surface area contributed by atoms with Crippen LogP contribution in [-0.2, 0) is 11.3 Å². The molecule has 9 heteroatoms. The third-order valence-electron chi connectivity index (χ3n) is 3.90. The van der Waals surface area contributed by atoms with Crippen molar-refractivity contribution in [1.29, 1.82) is 0 Å². The molecule has 0 aliphatic heterocycles. The van der Waals surface area contributed by atoms with Gasteiger partial charge < -0.3 is 19.9 Å². The molecule has 0 spiro atoms. The van der Waals surface area contributed by atoms with Gasteiger partial charge in [0.15, 0.2) is 11.5 Å². The number of methoxy groups -OCH3 is 2. The lowest BCUT2D eigenvalue weighted by atomic mass is 10.2. The van der Waals surface area contributed by atoms with Gasteiger partial charge in [-0.25, -0.2) is 4.98 Å². The summed E-state index contributed by atoms with van der Waals surface area (Å²) >= 11 is 1.64. The number of fused-ring (bicyclic) bond motifs is 1. The van der Waals surface area contributed by atoms with E-state index in [9.17, 15) is 14.7 Å². The average Bonchev–Trinajstić information content (AvgIpc) is 2.66. The highest BCUT2D eigenvalue weighted by atomic mass is 32.2. The highest BCUT2D eigenvalue weighted by Crippen LogP contribution is 2.29. The van der Waals surface area contributed by atoms with E-state index in [1.165, 1.54) is 25.1 Å². The van der Waals surface area contributed by atoms with Gasteiger partial charge in [-0.15, -0.1) is 0 Å². The van der Waals surface area contributed by atoms with Gasteiger partial charge in [0, 0.05) is 6.07 Å². The van der Waals surface area contributed by atoms with E-state index in [2.05, 4.69) is 10.3 Å². The summed E-state index contributed by atoms with van der Waals surface area (Å²) < 4.78 is 11.6. The zero-order valence-electron chi connectivity index (χ0n) is 15.0. The summed E-state index contributed by atoms with van der Waals surface area (Å²) in [6.45, 7) is -0.319. The molecule has 0 saturated carbocycles. The second-order valence-electron chi connectivity index (χ2n) is 5.63. The van der Waals surface area contributed by atoms with Crippen LogP contribution in [0.2, 0.25) is 0 Å². The average molecular weight is 381 g/mol. The van der Waals surface area contributed by atoms with E-state index >= 15 is 0 Å². The molecule has 2 aromatic rings. The van der Waals surface area contributed by atoms with Crippen LogP contribution in [0.15, 0.2) is 23.3 Å². The Morgan fingerprint density at radius 2 is 2.04 bits per heavy atom. The molecule has 2 rings (SSSR count). The van der Waals surface area contributed by atoms with Crippen LogP contribution in [0.25, 0.3) is 10.9 Å². The number of hydrogen-bond acceptors (Lipinski definition) is 7. The third kappa shape index (κ3) is 4.67. The molecule has 2 N–H and O–H groups in total. The van der Waals surface area contributed by atoms with Crippen molar-refractivity contribution in [2.45, 2.75) is 19.0 Å². The summed E-state index contributed by atoms with van der Waals surface area (Å²) in [6.07, 6.45) is 3.94. The number of thioether (sulfide) groups is 1. The lowest BCUT2D eigenvalue weighted by Gasteiger charge is -2.16. The fourth-order valence-corrected chi connectivity index (χ4v) is 3.02. The van der Waals surface area contributed by atoms with Crippen molar-refractivity contribution in [2.24, 2.45) is 0 Å². The SMILES string of the molecule is COc1cc2ncn(CC(=O)NC(CO)CCSC)c(=O)c2cc1OC. The summed E-state index contributed by atoms with van der Waals surface area (Å²) in [5.41, 5.74) is 0.105. The number of nitrogens with zero attached hydrogens (tertiary/aromatic N) is 2. The molecule has 1 aromatic carbocycles. The van der Waals surface area contributed by atoms with Crippen LogP contribution in [0.1, 0.15) is 6.42 Å². The van der Waals surface area contributed by atoms with Crippen LogP contribution in [0.4, 0.5) is 0 Å². The number of ether oxygens (including phenoxy) is 2. The number of rotatable bonds is 9. The first kappa shape index (κ1) is 20.1. The van der Waals surface area contributed by atoms with Gasteiger partial charge in [0.05, 0.1) is 44.1 Å². The van der Waals surface area contributed by atoms with Gasteiger partial charge in [0.1, 0.15) is 6.54 Å². The fourth-order valence-electron chi connectivity index (χ4n) is 2.50. The van der Waals surface area contributed by atoms with Gasteiger partial charge in [0.2, 0.25) is 5.91 Å². The molecule has 0 radical (unpaired) electrons. The molecule has 8 nitrogen and oxygen atoms in total. The minimum Gasteiger partial charge on any atom is -0.493 e. The largest absolute Gasteiger partial charge is 0.493 e. The van der Waals surface area contributed by atoms with Crippen molar-refractivity contribution in [3.63, 3.8) is 0 Å². The Balaban J connectivity index is 2.23. The Labute approximate surface area is 155 Å². The van der Waals surface area contributed by atoms with Crippen molar-refractivity contribution >= 4 is 28.6 Å². The monoisotopic (exact) mass is 381 g/mol. The zero-order valence-corrected chi connectivity index (χ0v) is 15.8. The molecule has 1 amide bonds. The van der Waals surface area contributed by atoms with E-state index in [0.29, 0.717) is 28.8 Å². The number of amides is 1. The van der Waals surface area contributed by atoms with Crippen molar-refractivity contribution in [3.8, 4) is 11.5 Å². The third-order valence-corrected chi connectivity index (χ3v) is 4.54. The van der Waals surface area contributed by atoms with Gasteiger partial charge in [0.25, 0.3) is 5.56 Å². The van der Waals surface area contributed by atoms with Crippen LogP contribution in [0.3, 0.4) is 0 Å². The molecule has 1 unspecified atom stereocenters. The van der Waals surface area contributed by atoms with E-state index in [1.54, 1.807) is 23.9 Å². The molecular formula is C17H23N3O5S. The predicted octanol–water partition coefficient (Wildman–Crippen LogP) is 0.644. The summed E-state index contributed by atoms with van der Waals surface area (Å²) in [4.78, 5) is 29.1. The number of carbonyl (C=O) groups excluding carboxylic acids is 1. The van der Waals surface area contributed by atoms with Crippen molar-refractivity contribution in [2.75, 3.05) is 32.8 Å². The van der Waals surface area contributed by atoms with Gasteiger partial charge in [-0.05, 0) is 24.5 Å². The van der Waals surface area contributed by atoms with Crippen molar-refractivity contribution < 1.29 is 19.4 Å². The highest BCUT2D eigenvalue weighted by Gasteiger charge is 2.15. The Morgan fingerprint density at radius 1 is 1.35 bits per heavy atom. The first-order valence-electron chi connectivity index (χ1n) is 8.04. The number of aliphatic hydroxyl groups is 1. The normalized spacial score (nSPS) is 12.0. The number of aromatic nitrogens is 2. The smallest absolute Gasteiger partial charge is 0.261 e. The number of benzene rings is 1. The second kappa shape index (κ2) is 9.44. The highest BCUT2D eigenvalue weighted by molar-refractivity contribution is 7.98. The van der Waals surface area contributed by atoms with Crippen LogP contribution >= 0.6 is 11.8 Å². The van der Waals surface area contributed by atoms with E-state index in [1.807, 2.05) is 6.26 Å². The lowest BCUT2D eigenvalue weighted by molar-refractivity contribution is -0.122. The molecule has 0 fully saturated rings. The number of hydrogen-bond donors (Lipinski definition) is 2. The Bertz CT molecular complexity index is 824. The molecule has 26 heavy (non-hydrogen) atoms. The maximum Gasteiger partial charge on any atom is 0.261 e. The fraction of sp³-hybridized carbons (Fsp3) is 0.471. The molecular weight excluding hydrogens is 358 g/mol. The van der Waals surface area contributed by atoms with Gasteiger partial charge in [-0.1, -0.05) is 0 Å². The van der Waals surface area contributed by atoms with Crippen LogP contribution in [-0.4, -0.2) is 59.4 Å². The molecule has 0 aliphatic rings. The maximum absolute atomic E-state index is 12.7. The molecule has 142 valence electrons. The van der Waals surface area contributed by atoms with E-state index in [4.69, 9.17) is 9.47 Å². The number of carbonyl (C=O) groups is 1. The van der Waals surface area contributed by atoms with E-state index < -0.39 is 0 Å². The minimum absolute atomic E-state index is 0.145. The first-order valence-corrected chi connectivity index (χ1v) is 9.43.